The highest BCUT2D eigenvalue weighted by Gasteiger charge is 2.31. The Labute approximate surface area is 200 Å². The Hall–Kier alpha value is -2.60. The number of rotatable bonds is 0. The topological polar surface area (TPSA) is 0 Å². The molecule has 0 aromatic heterocycles. The van der Waals surface area contributed by atoms with Crippen LogP contribution in [0.1, 0.15) is 77.9 Å². The second kappa shape index (κ2) is 6.95. The van der Waals surface area contributed by atoms with Crippen LogP contribution in [0.3, 0.4) is 0 Å². The Morgan fingerprint density at radius 1 is 0.273 bits per heavy atom. The molecule has 170 valence electrons. The lowest BCUT2D eigenvalue weighted by atomic mass is 9.80. The molecule has 0 bridgehead atoms. The number of aryl methyl sites for hydroxylation is 7. The largest absolute Gasteiger partial charge is 0.0444 e. The van der Waals surface area contributed by atoms with Crippen molar-refractivity contribution in [3.63, 3.8) is 0 Å². The smallest absolute Gasteiger partial charge is 0.000753 e. The molecule has 0 aliphatic heterocycles. The fourth-order valence-electron chi connectivity index (χ4n) is 7.02. The third-order valence-corrected chi connectivity index (χ3v) is 9.80. The molecule has 0 heteroatoms. The van der Waals surface area contributed by atoms with E-state index in [1.807, 2.05) is 0 Å². The molecule has 1 aliphatic rings. The van der Waals surface area contributed by atoms with Crippen LogP contribution in [-0.4, -0.2) is 0 Å². The number of fused-ring (bicyclic) bond motifs is 6. The average molecular weight is 435 g/mol. The molecule has 0 amide bonds. The van der Waals surface area contributed by atoms with Crippen LogP contribution in [0.5, 0.6) is 0 Å². The van der Waals surface area contributed by atoms with Crippen LogP contribution < -0.4 is 0 Å². The van der Waals surface area contributed by atoms with Crippen LogP contribution in [-0.2, 0) is 6.42 Å². The van der Waals surface area contributed by atoms with Crippen molar-refractivity contribution in [2.24, 2.45) is 0 Å². The van der Waals surface area contributed by atoms with Crippen molar-refractivity contribution in [2.45, 2.75) is 89.5 Å². The van der Waals surface area contributed by atoms with Crippen molar-refractivity contribution < 1.29 is 0 Å². The van der Waals surface area contributed by atoms with Gasteiger partial charge in [-0.25, -0.2) is 0 Å². The van der Waals surface area contributed by atoms with Crippen molar-refractivity contribution in [1.82, 2.24) is 0 Å². The molecular weight excluding hydrogens is 396 g/mol. The van der Waals surface area contributed by atoms with Crippen LogP contribution in [0.25, 0.3) is 32.7 Å². The van der Waals surface area contributed by atoms with E-state index < -0.39 is 0 Å². The first-order valence-electron chi connectivity index (χ1n) is 12.5. The molecule has 1 aliphatic carbocycles. The number of hydrogen-bond acceptors (Lipinski definition) is 0. The fraction of sp³-hybridized carbons (Fsp3) is 0.394. The van der Waals surface area contributed by atoms with E-state index in [1.54, 1.807) is 11.1 Å². The normalized spacial score (nSPS) is 12.7. The van der Waals surface area contributed by atoms with Crippen LogP contribution >= 0.6 is 0 Å². The zero-order valence-corrected chi connectivity index (χ0v) is 22.7. The third kappa shape index (κ3) is 2.53. The molecule has 0 saturated carbocycles. The van der Waals surface area contributed by atoms with E-state index in [1.165, 1.54) is 99.4 Å². The maximum atomic E-state index is 2.39. The predicted molar refractivity (Wildman–Crippen MR) is 147 cm³/mol. The van der Waals surface area contributed by atoms with Crippen LogP contribution in [0.2, 0.25) is 0 Å². The third-order valence-electron chi connectivity index (χ3n) is 9.80. The summed E-state index contributed by atoms with van der Waals surface area (Å²) in [5.41, 5.74) is 23.8. The number of benzene rings is 4. The zero-order chi connectivity index (χ0) is 24.3. The molecule has 33 heavy (non-hydrogen) atoms. The van der Waals surface area contributed by atoms with Gasteiger partial charge in [-0.2, -0.15) is 0 Å². The van der Waals surface area contributed by atoms with Crippen molar-refractivity contribution in [1.29, 1.82) is 0 Å². The van der Waals surface area contributed by atoms with Gasteiger partial charge in [0.2, 0.25) is 0 Å². The molecule has 0 fully saturated rings. The summed E-state index contributed by atoms with van der Waals surface area (Å²) in [6.45, 7) is 28.0. The SMILES string of the molecule is Cc1c(C)c(C)c2c(C)c3c(c(C)c2c1C)Cc1c(C)c(C)c2c(C)c(C)c(C)c(C)c2c1-3. The first-order chi connectivity index (χ1) is 15.4. The minimum atomic E-state index is 1.06. The molecule has 0 unspecified atom stereocenters. The summed E-state index contributed by atoms with van der Waals surface area (Å²) >= 11 is 0. The molecule has 0 N–H and O–H groups in total. The van der Waals surface area contributed by atoms with Gasteiger partial charge in [-0.1, -0.05) is 0 Å². The highest BCUT2D eigenvalue weighted by molar-refractivity contribution is 6.12. The summed E-state index contributed by atoms with van der Waals surface area (Å²) in [4.78, 5) is 0. The minimum absolute atomic E-state index is 1.06. The summed E-state index contributed by atoms with van der Waals surface area (Å²) < 4.78 is 0. The maximum Gasteiger partial charge on any atom is -0.000753 e. The second-order valence-corrected chi connectivity index (χ2v) is 10.9. The Morgan fingerprint density at radius 2 is 0.606 bits per heavy atom. The quantitative estimate of drug-likeness (QED) is 0.228. The first kappa shape index (κ1) is 22.2. The molecule has 0 heterocycles. The Balaban J connectivity index is 2.10. The molecule has 0 saturated heterocycles. The van der Waals surface area contributed by atoms with E-state index in [4.69, 9.17) is 0 Å². The molecule has 4 aromatic rings. The van der Waals surface area contributed by atoms with Crippen molar-refractivity contribution in [3.8, 4) is 11.1 Å². The maximum absolute atomic E-state index is 2.39. The Morgan fingerprint density at radius 3 is 1.09 bits per heavy atom. The summed E-state index contributed by atoms with van der Waals surface area (Å²) in [7, 11) is 0. The minimum Gasteiger partial charge on any atom is -0.0444 e. The van der Waals surface area contributed by atoms with Gasteiger partial charge in [-0.3, -0.25) is 0 Å². The van der Waals surface area contributed by atoms with Gasteiger partial charge in [0.1, 0.15) is 0 Å². The molecule has 4 aromatic carbocycles. The van der Waals surface area contributed by atoms with E-state index in [-0.39, 0.29) is 0 Å². The van der Waals surface area contributed by atoms with Crippen molar-refractivity contribution in [3.05, 3.63) is 77.9 Å². The van der Waals surface area contributed by atoms with E-state index in [0.717, 1.165) is 6.42 Å². The lowest BCUT2D eigenvalue weighted by molar-refractivity contribution is 1.17. The summed E-state index contributed by atoms with van der Waals surface area (Å²) in [5.74, 6) is 0. The second-order valence-electron chi connectivity index (χ2n) is 10.9. The number of hydrogen-bond donors (Lipinski definition) is 0. The monoisotopic (exact) mass is 434 g/mol. The van der Waals surface area contributed by atoms with Crippen molar-refractivity contribution >= 4 is 21.5 Å². The van der Waals surface area contributed by atoms with Gasteiger partial charge in [-0.05, 0) is 200 Å². The van der Waals surface area contributed by atoms with Crippen LogP contribution in [0, 0.1) is 83.1 Å². The molecular formula is C33H38. The van der Waals surface area contributed by atoms with E-state index in [2.05, 4.69) is 83.1 Å². The van der Waals surface area contributed by atoms with Crippen molar-refractivity contribution in [2.75, 3.05) is 0 Å². The summed E-state index contributed by atoms with van der Waals surface area (Å²) in [6.07, 6.45) is 1.06. The van der Waals surface area contributed by atoms with E-state index in [9.17, 15) is 0 Å². The standard InChI is InChI=1S/C33H38/c1-14-15(2)21(8)30-25(12)31-27(24(11)29(30)20(14)7)13-26-18(5)23(10)28-19(6)16(3)17(4)22(9)32(28)33(26)31/h13H2,1-12H3. The molecule has 5 rings (SSSR count). The molecule has 0 spiro atoms. The van der Waals surface area contributed by atoms with Gasteiger partial charge in [0.05, 0.1) is 0 Å². The fourth-order valence-corrected chi connectivity index (χ4v) is 7.02. The predicted octanol–water partition coefficient (Wildman–Crippen LogP) is 9.27. The average Bonchev–Trinajstić information content (AvgIpc) is 3.19. The van der Waals surface area contributed by atoms with Gasteiger partial charge < -0.3 is 0 Å². The van der Waals surface area contributed by atoms with E-state index >= 15 is 0 Å². The first-order valence-corrected chi connectivity index (χ1v) is 12.5. The van der Waals surface area contributed by atoms with Gasteiger partial charge in [0, 0.05) is 0 Å². The highest BCUT2D eigenvalue weighted by atomic mass is 14.3. The lowest BCUT2D eigenvalue weighted by Crippen LogP contribution is -2.02. The van der Waals surface area contributed by atoms with Gasteiger partial charge in [0.15, 0.2) is 0 Å². The Bertz CT molecular complexity index is 1570. The molecule has 0 radical (unpaired) electrons. The lowest BCUT2D eigenvalue weighted by Gasteiger charge is -2.24. The van der Waals surface area contributed by atoms with Gasteiger partial charge in [-0.15, -0.1) is 0 Å². The van der Waals surface area contributed by atoms with E-state index in [0.29, 0.717) is 0 Å². The van der Waals surface area contributed by atoms with Crippen LogP contribution in [0.4, 0.5) is 0 Å². The molecule has 0 nitrogen and oxygen atoms in total. The Kier molecular flexibility index (Phi) is 4.68. The highest BCUT2D eigenvalue weighted by Crippen LogP contribution is 2.52. The zero-order valence-electron chi connectivity index (χ0n) is 22.7. The summed E-state index contributed by atoms with van der Waals surface area (Å²) in [5, 5.41) is 5.99. The van der Waals surface area contributed by atoms with Gasteiger partial charge >= 0.3 is 0 Å². The summed E-state index contributed by atoms with van der Waals surface area (Å²) in [6, 6.07) is 0. The van der Waals surface area contributed by atoms with Gasteiger partial charge in [0.25, 0.3) is 0 Å². The molecule has 0 atom stereocenters. The van der Waals surface area contributed by atoms with Crippen LogP contribution in [0.15, 0.2) is 0 Å².